The van der Waals surface area contributed by atoms with Crippen molar-refractivity contribution >= 4 is 17.6 Å². The molecule has 0 atom stereocenters. The number of esters is 1. The van der Waals surface area contributed by atoms with Crippen LogP contribution >= 0.6 is 0 Å². The van der Waals surface area contributed by atoms with Crippen LogP contribution in [0.4, 0.5) is 5.69 Å². The van der Waals surface area contributed by atoms with Crippen LogP contribution < -0.4 is 10.1 Å². The van der Waals surface area contributed by atoms with Gasteiger partial charge in [-0.05, 0) is 29.3 Å². The summed E-state index contributed by atoms with van der Waals surface area (Å²) in [4.78, 5) is 23.6. The molecule has 0 spiro atoms. The lowest BCUT2D eigenvalue weighted by atomic mass is 10.0. The first-order valence-corrected chi connectivity index (χ1v) is 8.88. The van der Waals surface area contributed by atoms with Crippen LogP contribution in [0, 0.1) is 0 Å². The van der Waals surface area contributed by atoms with Crippen LogP contribution in [-0.2, 0) is 20.7 Å². The maximum absolute atomic E-state index is 12.3. The van der Waals surface area contributed by atoms with Gasteiger partial charge in [0.1, 0.15) is 5.75 Å². The van der Waals surface area contributed by atoms with Crippen LogP contribution in [0.1, 0.15) is 5.56 Å². The summed E-state index contributed by atoms with van der Waals surface area (Å²) >= 11 is 0. The Bertz CT molecular complexity index is 936. The third-order valence-electron chi connectivity index (χ3n) is 4.16. The Labute approximate surface area is 163 Å². The zero-order valence-electron chi connectivity index (χ0n) is 15.6. The highest BCUT2D eigenvalue weighted by Crippen LogP contribution is 2.27. The molecule has 3 aromatic rings. The summed E-state index contributed by atoms with van der Waals surface area (Å²) in [6.07, 6.45) is 0.202. The number of anilines is 1. The van der Waals surface area contributed by atoms with Crippen LogP contribution in [0.2, 0.25) is 0 Å². The highest BCUT2D eigenvalue weighted by Gasteiger charge is 2.09. The van der Waals surface area contributed by atoms with Crippen molar-refractivity contribution in [2.24, 2.45) is 0 Å². The van der Waals surface area contributed by atoms with Crippen molar-refractivity contribution in [1.29, 1.82) is 0 Å². The quantitative estimate of drug-likeness (QED) is 0.632. The molecular formula is C23H21NO4. The molecule has 142 valence electrons. The second-order valence-electron chi connectivity index (χ2n) is 6.15. The topological polar surface area (TPSA) is 64.6 Å². The number of carbonyl (C=O) groups excluding carboxylic acids is 2. The van der Waals surface area contributed by atoms with E-state index < -0.39 is 0 Å². The van der Waals surface area contributed by atoms with Crippen LogP contribution in [0.5, 0.6) is 5.75 Å². The molecule has 28 heavy (non-hydrogen) atoms. The highest BCUT2D eigenvalue weighted by atomic mass is 16.5. The molecule has 0 aliphatic heterocycles. The summed E-state index contributed by atoms with van der Waals surface area (Å²) in [7, 11) is 1.36. The largest absolute Gasteiger partial charge is 0.484 e. The number of benzene rings is 3. The maximum atomic E-state index is 12.3. The van der Waals surface area contributed by atoms with Gasteiger partial charge < -0.3 is 14.8 Å². The van der Waals surface area contributed by atoms with Crippen LogP contribution in [0.15, 0.2) is 78.9 Å². The molecule has 0 saturated carbocycles. The standard InChI is InChI=1S/C23H21NO4/c1-27-23(26)15-17-11-13-19(14-12-17)28-16-22(25)24-21-10-6-5-9-20(21)18-7-3-2-4-8-18/h2-14H,15-16H2,1H3,(H,24,25). The Morgan fingerprint density at radius 1 is 0.857 bits per heavy atom. The van der Waals surface area contributed by atoms with E-state index in [0.717, 1.165) is 22.4 Å². The number of amides is 1. The van der Waals surface area contributed by atoms with E-state index in [0.29, 0.717) is 5.75 Å². The average molecular weight is 375 g/mol. The third kappa shape index (κ3) is 5.20. The van der Waals surface area contributed by atoms with Crippen molar-refractivity contribution in [3.8, 4) is 16.9 Å². The molecule has 0 aliphatic carbocycles. The van der Waals surface area contributed by atoms with E-state index in [1.807, 2.05) is 54.6 Å². The Hall–Kier alpha value is -3.60. The number of methoxy groups -OCH3 is 1. The Balaban J connectivity index is 1.59. The van der Waals surface area contributed by atoms with Gasteiger partial charge in [0.15, 0.2) is 6.61 Å². The van der Waals surface area contributed by atoms with Crippen LogP contribution in [0.3, 0.4) is 0 Å². The van der Waals surface area contributed by atoms with Gasteiger partial charge in [-0.3, -0.25) is 9.59 Å². The number of para-hydroxylation sites is 1. The van der Waals surface area contributed by atoms with Crippen LogP contribution in [-0.4, -0.2) is 25.6 Å². The second kappa shape index (κ2) is 9.37. The van der Waals surface area contributed by atoms with E-state index in [9.17, 15) is 9.59 Å². The number of carbonyl (C=O) groups is 2. The molecular weight excluding hydrogens is 354 g/mol. The van der Waals surface area contributed by atoms with Crippen molar-refractivity contribution < 1.29 is 19.1 Å². The molecule has 0 fully saturated rings. The van der Waals surface area contributed by atoms with E-state index in [1.165, 1.54) is 7.11 Å². The van der Waals surface area contributed by atoms with E-state index in [1.54, 1.807) is 24.3 Å². The predicted octanol–water partition coefficient (Wildman–Crippen LogP) is 4.09. The van der Waals surface area contributed by atoms with E-state index in [4.69, 9.17) is 4.74 Å². The first-order valence-electron chi connectivity index (χ1n) is 8.88. The average Bonchev–Trinajstić information content (AvgIpc) is 2.74. The minimum Gasteiger partial charge on any atom is -0.484 e. The zero-order chi connectivity index (χ0) is 19.8. The summed E-state index contributed by atoms with van der Waals surface area (Å²) in [5.74, 6) is 0.00672. The number of rotatable bonds is 7. The van der Waals surface area contributed by atoms with Gasteiger partial charge in [0, 0.05) is 11.3 Å². The predicted molar refractivity (Wildman–Crippen MR) is 108 cm³/mol. The summed E-state index contributed by atoms with van der Waals surface area (Å²) in [6, 6.07) is 24.5. The molecule has 0 bridgehead atoms. The van der Waals surface area contributed by atoms with Crippen molar-refractivity contribution in [3.05, 3.63) is 84.4 Å². The first kappa shape index (κ1) is 19.2. The number of hydrogen-bond acceptors (Lipinski definition) is 4. The van der Waals surface area contributed by atoms with Gasteiger partial charge in [0.05, 0.1) is 13.5 Å². The monoisotopic (exact) mass is 375 g/mol. The summed E-state index contributed by atoms with van der Waals surface area (Å²) in [6.45, 7) is -0.112. The molecule has 0 aliphatic rings. The van der Waals surface area contributed by atoms with Gasteiger partial charge in [0.2, 0.25) is 0 Å². The fraction of sp³-hybridized carbons (Fsp3) is 0.130. The Morgan fingerprint density at radius 2 is 1.54 bits per heavy atom. The van der Waals surface area contributed by atoms with Crippen molar-refractivity contribution in [2.75, 3.05) is 19.0 Å². The molecule has 5 nitrogen and oxygen atoms in total. The molecule has 0 saturated heterocycles. The zero-order valence-corrected chi connectivity index (χ0v) is 15.6. The van der Waals surface area contributed by atoms with Gasteiger partial charge in [-0.15, -0.1) is 0 Å². The highest BCUT2D eigenvalue weighted by molar-refractivity contribution is 5.96. The summed E-state index contributed by atoms with van der Waals surface area (Å²) < 4.78 is 10.2. The molecule has 5 heteroatoms. The lowest BCUT2D eigenvalue weighted by molar-refractivity contribution is -0.139. The van der Waals surface area contributed by atoms with Gasteiger partial charge >= 0.3 is 5.97 Å². The summed E-state index contributed by atoms with van der Waals surface area (Å²) in [5.41, 5.74) is 3.53. The van der Waals surface area contributed by atoms with Crippen molar-refractivity contribution in [2.45, 2.75) is 6.42 Å². The Morgan fingerprint density at radius 3 is 2.25 bits per heavy atom. The summed E-state index contributed by atoms with van der Waals surface area (Å²) in [5, 5.41) is 2.90. The van der Waals surface area contributed by atoms with E-state index in [2.05, 4.69) is 10.1 Å². The van der Waals surface area contributed by atoms with Gasteiger partial charge in [-0.2, -0.15) is 0 Å². The molecule has 3 aromatic carbocycles. The first-order chi connectivity index (χ1) is 13.7. The number of nitrogens with one attached hydrogen (secondary N) is 1. The maximum Gasteiger partial charge on any atom is 0.309 e. The number of ether oxygens (including phenoxy) is 2. The van der Waals surface area contributed by atoms with Crippen molar-refractivity contribution in [3.63, 3.8) is 0 Å². The smallest absolute Gasteiger partial charge is 0.309 e. The van der Waals surface area contributed by atoms with Crippen molar-refractivity contribution in [1.82, 2.24) is 0 Å². The van der Waals surface area contributed by atoms with E-state index >= 15 is 0 Å². The molecule has 0 aromatic heterocycles. The fourth-order valence-electron chi connectivity index (χ4n) is 2.74. The van der Waals surface area contributed by atoms with Gasteiger partial charge in [-0.25, -0.2) is 0 Å². The molecule has 1 N–H and O–H groups in total. The molecule has 1 amide bonds. The molecule has 0 radical (unpaired) electrons. The minimum absolute atomic E-state index is 0.112. The molecule has 0 heterocycles. The van der Waals surface area contributed by atoms with Crippen LogP contribution in [0.25, 0.3) is 11.1 Å². The second-order valence-corrected chi connectivity index (χ2v) is 6.15. The van der Waals surface area contributed by atoms with E-state index in [-0.39, 0.29) is 24.9 Å². The number of hydrogen-bond donors (Lipinski definition) is 1. The molecule has 0 unspecified atom stereocenters. The lowest BCUT2D eigenvalue weighted by Crippen LogP contribution is -2.20. The van der Waals surface area contributed by atoms with Gasteiger partial charge in [-0.1, -0.05) is 60.7 Å². The molecule has 3 rings (SSSR count). The van der Waals surface area contributed by atoms with Gasteiger partial charge in [0.25, 0.3) is 5.91 Å². The Kier molecular flexibility index (Phi) is 6.41. The normalized spacial score (nSPS) is 10.2. The fourth-order valence-corrected chi connectivity index (χ4v) is 2.74. The third-order valence-corrected chi connectivity index (χ3v) is 4.16. The SMILES string of the molecule is COC(=O)Cc1ccc(OCC(=O)Nc2ccccc2-c2ccccc2)cc1. The minimum atomic E-state index is -0.301. The lowest BCUT2D eigenvalue weighted by Gasteiger charge is -2.12.